The van der Waals surface area contributed by atoms with Gasteiger partial charge in [-0.1, -0.05) is 0 Å². The van der Waals surface area contributed by atoms with Gasteiger partial charge in [0.1, 0.15) is 0 Å². The predicted molar refractivity (Wildman–Crippen MR) is 54.9 cm³/mol. The van der Waals surface area contributed by atoms with Crippen LogP contribution in [0.25, 0.3) is 0 Å². The Balaban J connectivity index is 3.49. The van der Waals surface area contributed by atoms with Gasteiger partial charge in [0, 0.05) is 6.61 Å². The highest BCUT2D eigenvalue weighted by atomic mass is 35.5. The first-order chi connectivity index (χ1) is 6.27. The Morgan fingerprint density at radius 1 is 1.50 bits per heavy atom. The maximum absolute atomic E-state index is 10.3. The molecule has 0 heterocycles. The van der Waals surface area contributed by atoms with Gasteiger partial charge in [-0.2, -0.15) is 8.42 Å². The quantitative estimate of drug-likeness (QED) is 0.394. The van der Waals surface area contributed by atoms with Crippen LogP contribution < -0.4 is 4.84 Å². The summed E-state index contributed by atoms with van der Waals surface area (Å²) in [6.07, 6.45) is 0.275. The van der Waals surface area contributed by atoms with Crippen molar-refractivity contribution < 1.29 is 17.7 Å². The van der Waals surface area contributed by atoms with E-state index in [4.69, 9.17) is 21.1 Å². The number of halogens is 1. The molecule has 0 bridgehead atoms. The van der Waals surface area contributed by atoms with Gasteiger partial charge >= 0.3 is 0 Å². The molecule has 0 amide bonds. The van der Waals surface area contributed by atoms with Crippen LogP contribution in [0.5, 0.6) is 0 Å². The molecule has 0 aliphatic carbocycles. The zero-order chi connectivity index (χ0) is 11.2. The smallest absolute Gasteiger partial charge is 0.264 e. The molecular formula is C7H16ClNO4S. The van der Waals surface area contributed by atoms with E-state index in [-0.39, 0.29) is 24.3 Å². The minimum atomic E-state index is -3.87. The Labute approximate surface area is 89.6 Å². The highest BCUT2D eigenvalue weighted by molar-refractivity contribution is 7.85. The Bertz CT molecular complexity index is 252. The van der Waals surface area contributed by atoms with Crippen LogP contribution >= 0.6 is 11.8 Å². The third-order valence-corrected chi connectivity index (χ3v) is 2.73. The maximum atomic E-state index is 10.3. The number of nitrogens with one attached hydrogen (secondary N) is 1. The summed E-state index contributed by atoms with van der Waals surface area (Å²) in [5, 5.41) is 0. The summed E-state index contributed by atoms with van der Waals surface area (Å²) in [4.78, 5) is 2.53. The molecule has 0 spiro atoms. The van der Waals surface area contributed by atoms with E-state index in [0.717, 1.165) is 0 Å². The summed E-state index contributed by atoms with van der Waals surface area (Å²) in [6, 6.07) is 0. The summed E-state index contributed by atoms with van der Waals surface area (Å²) < 4.78 is 34.2. The summed E-state index contributed by atoms with van der Waals surface area (Å²) in [5.74, 6) is -0.276. The normalized spacial score (nSPS) is 13.1. The van der Waals surface area contributed by atoms with E-state index >= 15 is 0 Å². The fourth-order valence-electron chi connectivity index (χ4n) is 0.698. The second-order valence-electron chi connectivity index (χ2n) is 3.67. The number of hydrogen-bond acceptors (Lipinski definition) is 4. The van der Waals surface area contributed by atoms with E-state index in [1.165, 1.54) is 0 Å². The molecule has 0 radical (unpaired) electrons. The molecule has 0 saturated heterocycles. The lowest BCUT2D eigenvalue weighted by molar-refractivity contribution is 0.0923. The van der Waals surface area contributed by atoms with Gasteiger partial charge < -0.3 is 4.74 Å². The maximum Gasteiger partial charge on any atom is 0.264 e. The van der Waals surface area contributed by atoms with Crippen molar-refractivity contribution in [2.45, 2.75) is 25.8 Å². The zero-order valence-corrected chi connectivity index (χ0v) is 9.86. The molecular weight excluding hydrogens is 230 g/mol. The largest absolute Gasteiger partial charge is 0.379 e. The molecule has 0 aliphatic rings. The molecule has 0 unspecified atom stereocenters. The van der Waals surface area contributed by atoms with Gasteiger partial charge in [0.15, 0.2) is 0 Å². The molecule has 0 aromatic rings. The van der Waals surface area contributed by atoms with Gasteiger partial charge in [0.25, 0.3) is 10.1 Å². The van der Waals surface area contributed by atoms with Crippen LogP contribution in [0.2, 0.25) is 0 Å². The number of ether oxygens (including phenoxy) is 1. The molecule has 14 heavy (non-hydrogen) atoms. The van der Waals surface area contributed by atoms with Gasteiger partial charge in [-0.05, 0) is 32.0 Å². The SMILES string of the molecule is CC(C)(COCCCS(=O)(=O)O)NCl. The van der Waals surface area contributed by atoms with Gasteiger partial charge in [0.2, 0.25) is 0 Å². The van der Waals surface area contributed by atoms with Crippen LogP contribution in [0.4, 0.5) is 0 Å². The first-order valence-corrected chi connectivity index (χ1v) is 6.16. The molecule has 0 fully saturated rings. The molecule has 0 atom stereocenters. The molecule has 0 aromatic heterocycles. The van der Waals surface area contributed by atoms with Gasteiger partial charge in [-0.25, -0.2) is 4.84 Å². The first kappa shape index (κ1) is 14.1. The summed E-state index contributed by atoms with van der Waals surface area (Å²) in [6.45, 7) is 4.36. The Kier molecular flexibility index (Phi) is 5.92. The van der Waals surface area contributed by atoms with E-state index in [2.05, 4.69) is 4.84 Å². The van der Waals surface area contributed by atoms with Crippen molar-refractivity contribution in [1.82, 2.24) is 4.84 Å². The Morgan fingerprint density at radius 3 is 2.50 bits per heavy atom. The Morgan fingerprint density at radius 2 is 2.07 bits per heavy atom. The van der Waals surface area contributed by atoms with Crippen LogP contribution in [-0.4, -0.2) is 37.5 Å². The van der Waals surface area contributed by atoms with Crippen LogP contribution in [0.15, 0.2) is 0 Å². The average Bonchev–Trinajstić information content (AvgIpc) is 2.01. The second kappa shape index (κ2) is 5.87. The van der Waals surface area contributed by atoms with Crippen molar-refractivity contribution in [3.8, 4) is 0 Å². The van der Waals surface area contributed by atoms with Crippen molar-refractivity contribution >= 4 is 21.9 Å². The van der Waals surface area contributed by atoms with Crippen LogP contribution in [0.1, 0.15) is 20.3 Å². The molecule has 0 rings (SSSR count). The van der Waals surface area contributed by atoms with Crippen molar-refractivity contribution in [1.29, 1.82) is 0 Å². The van der Waals surface area contributed by atoms with Crippen LogP contribution in [0.3, 0.4) is 0 Å². The molecule has 0 aliphatic heterocycles. The predicted octanol–water partition coefficient (Wildman–Crippen LogP) is 0.803. The molecule has 2 N–H and O–H groups in total. The van der Waals surface area contributed by atoms with E-state index in [1.54, 1.807) is 0 Å². The molecule has 0 aromatic carbocycles. The van der Waals surface area contributed by atoms with Crippen molar-refractivity contribution in [3.63, 3.8) is 0 Å². The summed E-state index contributed by atoms with van der Waals surface area (Å²) >= 11 is 5.41. The van der Waals surface area contributed by atoms with E-state index in [9.17, 15) is 8.42 Å². The highest BCUT2D eigenvalue weighted by Crippen LogP contribution is 2.03. The van der Waals surface area contributed by atoms with Crippen molar-refractivity contribution in [2.75, 3.05) is 19.0 Å². The second-order valence-corrected chi connectivity index (χ2v) is 5.43. The topological polar surface area (TPSA) is 75.6 Å². The number of rotatable bonds is 7. The first-order valence-electron chi connectivity index (χ1n) is 4.17. The highest BCUT2D eigenvalue weighted by Gasteiger charge is 2.15. The van der Waals surface area contributed by atoms with Crippen molar-refractivity contribution in [2.24, 2.45) is 0 Å². The summed E-state index contributed by atoms with van der Waals surface area (Å²) in [5.41, 5.74) is -0.348. The Hall–Kier alpha value is 0.120. The van der Waals surface area contributed by atoms with Crippen LogP contribution in [0, 0.1) is 0 Å². The third-order valence-electron chi connectivity index (χ3n) is 1.41. The van der Waals surface area contributed by atoms with E-state index in [0.29, 0.717) is 6.61 Å². The van der Waals surface area contributed by atoms with Gasteiger partial charge in [0.05, 0.1) is 17.9 Å². The van der Waals surface area contributed by atoms with Gasteiger partial charge in [-0.15, -0.1) is 0 Å². The molecule has 5 nitrogen and oxygen atoms in total. The minimum absolute atomic E-state index is 0.275. The molecule has 7 heteroatoms. The lowest BCUT2D eigenvalue weighted by Gasteiger charge is -2.21. The van der Waals surface area contributed by atoms with Crippen molar-refractivity contribution in [3.05, 3.63) is 0 Å². The van der Waals surface area contributed by atoms with Gasteiger partial charge in [-0.3, -0.25) is 4.55 Å². The number of hydrogen-bond donors (Lipinski definition) is 2. The fourth-order valence-corrected chi connectivity index (χ4v) is 1.24. The zero-order valence-electron chi connectivity index (χ0n) is 8.29. The summed E-state index contributed by atoms with van der Waals surface area (Å²) in [7, 11) is -3.87. The lowest BCUT2D eigenvalue weighted by atomic mass is 10.1. The van der Waals surface area contributed by atoms with E-state index < -0.39 is 10.1 Å². The van der Waals surface area contributed by atoms with Crippen LogP contribution in [-0.2, 0) is 14.9 Å². The third kappa shape index (κ3) is 8.71. The fraction of sp³-hybridized carbons (Fsp3) is 1.00. The lowest BCUT2D eigenvalue weighted by Crippen LogP contribution is -2.38. The average molecular weight is 246 g/mol. The molecule has 0 saturated carbocycles. The standard InChI is InChI=1S/C7H16ClNO4S/c1-7(2,9-8)6-13-4-3-5-14(10,11)12/h9H,3-6H2,1-2H3,(H,10,11,12). The monoisotopic (exact) mass is 245 g/mol. The van der Waals surface area contributed by atoms with E-state index in [1.807, 2.05) is 13.8 Å². The minimum Gasteiger partial charge on any atom is -0.379 e. The molecule has 86 valence electrons.